The number of hydrogen-bond acceptors (Lipinski definition) is 7. The molecule has 1 aromatic heterocycles. The number of aromatic nitrogens is 4. The summed E-state index contributed by atoms with van der Waals surface area (Å²) in [5.74, 6) is 0.00899. The van der Waals surface area contributed by atoms with Crippen molar-refractivity contribution in [2.75, 3.05) is 5.73 Å². The van der Waals surface area contributed by atoms with Gasteiger partial charge in [-0.1, -0.05) is 27.6 Å². The molecule has 1 aromatic carbocycles. The van der Waals surface area contributed by atoms with Gasteiger partial charge in [-0.15, -0.1) is 0 Å². The predicted molar refractivity (Wildman–Crippen MR) is 63.3 cm³/mol. The van der Waals surface area contributed by atoms with Crippen molar-refractivity contribution < 1.29 is 4.92 Å². The molecule has 0 atom stereocenters. The van der Waals surface area contributed by atoms with Crippen LogP contribution in [0.4, 0.5) is 11.6 Å². The third kappa shape index (κ3) is 2.40. The summed E-state index contributed by atoms with van der Waals surface area (Å²) in [5, 5.41) is 24.8. The largest absolute Gasteiger partial charge is 0.365 e. The van der Waals surface area contributed by atoms with E-state index in [0.717, 1.165) is 4.79 Å². The van der Waals surface area contributed by atoms with E-state index >= 15 is 0 Å². The molecule has 0 spiro atoms. The first-order valence-electron chi connectivity index (χ1n) is 4.60. The summed E-state index contributed by atoms with van der Waals surface area (Å²) < 4.78 is 0. The number of halogens is 1. The van der Waals surface area contributed by atoms with Crippen LogP contribution < -0.4 is 5.73 Å². The molecule has 0 aliphatic heterocycles. The number of rotatable bonds is 3. The summed E-state index contributed by atoms with van der Waals surface area (Å²) in [7, 11) is 0. The van der Waals surface area contributed by atoms with Crippen LogP contribution in [-0.4, -0.2) is 31.5 Å². The van der Waals surface area contributed by atoms with Crippen LogP contribution in [0.25, 0.3) is 0 Å². The van der Waals surface area contributed by atoms with Crippen molar-refractivity contribution in [1.82, 2.24) is 20.3 Å². The van der Waals surface area contributed by atoms with Crippen LogP contribution in [-0.2, 0) is 0 Å². The summed E-state index contributed by atoms with van der Waals surface area (Å²) in [6.07, 6.45) is 1.33. The zero-order chi connectivity index (χ0) is 13.1. The van der Waals surface area contributed by atoms with Crippen molar-refractivity contribution in [3.05, 3.63) is 38.9 Å². The fourth-order valence-electron chi connectivity index (χ4n) is 1.14. The molecule has 2 aromatic rings. The molecule has 0 radical (unpaired) electrons. The number of nitrogens with zero attached hydrogens (tertiary/aromatic N) is 6. The van der Waals surface area contributed by atoms with Crippen LogP contribution in [0.15, 0.2) is 23.3 Å². The Bertz CT molecular complexity index is 624. The lowest BCUT2D eigenvalue weighted by atomic mass is 10.2. The molecule has 9 nitrogen and oxygen atoms in total. The van der Waals surface area contributed by atoms with Crippen LogP contribution in [0.3, 0.4) is 0 Å². The van der Waals surface area contributed by atoms with Crippen LogP contribution in [0, 0.1) is 10.1 Å². The Morgan fingerprint density at radius 1 is 1.56 bits per heavy atom. The van der Waals surface area contributed by atoms with E-state index < -0.39 is 4.92 Å². The minimum absolute atomic E-state index is 0.00899. The van der Waals surface area contributed by atoms with E-state index in [1.54, 1.807) is 6.07 Å². The molecular weight excluding hydrogens is 262 g/mol. The maximum atomic E-state index is 10.7. The Balaban J connectivity index is 2.30. The number of anilines is 1. The first-order valence-corrected chi connectivity index (χ1v) is 4.98. The Labute approximate surface area is 105 Å². The van der Waals surface area contributed by atoms with Crippen molar-refractivity contribution in [2.45, 2.75) is 0 Å². The molecule has 1 heterocycles. The highest BCUT2D eigenvalue weighted by Crippen LogP contribution is 2.24. The maximum absolute atomic E-state index is 10.7. The maximum Gasteiger partial charge on any atom is 0.288 e. The van der Waals surface area contributed by atoms with Crippen LogP contribution >= 0.6 is 11.6 Å². The Kier molecular flexibility index (Phi) is 3.15. The lowest BCUT2D eigenvalue weighted by Gasteiger charge is -1.96. The second-order valence-corrected chi connectivity index (χ2v) is 3.55. The standard InChI is InChI=1S/C8H6ClN7O2/c9-6-2-1-5(3-7(6)16(17)18)4-11-15-8(10)12-13-14-15/h1-4H,(H2,10,12,14)/b11-4+. The first-order chi connectivity index (χ1) is 8.58. The van der Waals surface area contributed by atoms with Crippen molar-refractivity contribution in [2.24, 2.45) is 5.10 Å². The fourth-order valence-corrected chi connectivity index (χ4v) is 1.33. The molecule has 0 bridgehead atoms. The third-order valence-electron chi connectivity index (χ3n) is 1.96. The molecule has 0 unspecified atom stereocenters. The fraction of sp³-hybridized carbons (Fsp3) is 0. The molecule has 0 saturated heterocycles. The van der Waals surface area contributed by atoms with Crippen LogP contribution in [0.5, 0.6) is 0 Å². The number of hydrogen-bond donors (Lipinski definition) is 1. The van der Waals surface area contributed by atoms with Gasteiger partial charge in [-0.05, 0) is 16.5 Å². The molecule has 0 amide bonds. The highest BCUT2D eigenvalue weighted by atomic mass is 35.5. The lowest BCUT2D eigenvalue weighted by Crippen LogP contribution is -2.00. The van der Waals surface area contributed by atoms with Crippen LogP contribution in [0.1, 0.15) is 5.56 Å². The molecule has 18 heavy (non-hydrogen) atoms. The second kappa shape index (κ2) is 4.75. The van der Waals surface area contributed by atoms with Gasteiger partial charge in [0.2, 0.25) is 0 Å². The summed E-state index contributed by atoms with van der Waals surface area (Å²) in [6, 6.07) is 4.26. The van der Waals surface area contributed by atoms with E-state index in [1.807, 2.05) is 0 Å². The number of nitro benzene ring substituents is 1. The predicted octanol–water partition coefficient (Wildman–Crippen LogP) is 0.699. The first kappa shape index (κ1) is 11.9. The van der Waals surface area contributed by atoms with Gasteiger partial charge < -0.3 is 5.73 Å². The SMILES string of the molecule is Nc1nnnn1/N=C/c1ccc(Cl)c([N+](=O)[O-])c1. The molecular formula is C8H6ClN7O2. The number of tetrazole rings is 1. The summed E-state index contributed by atoms with van der Waals surface area (Å²) in [5.41, 5.74) is 5.66. The summed E-state index contributed by atoms with van der Waals surface area (Å²) >= 11 is 5.67. The average molecular weight is 268 g/mol. The van der Waals surface area contributed by atoms with Crippen molar-refractivity contribution in [1.29, 1.82) is 0 Å². The van der Waals surface area contributed by atoms with E-state index in [0.29, 0.717) is 5.56 Å². The Hall–Kier alpha value is -2.55. The topological polar surface area (TPSA) is 125 Å². The number of nitrogens with two attached hydrogens (primary N) is 1. The van der Waals surface area contributed by atoms with Gasteiger partial charge in [0.1, 0.15) is 5.02 Å². The van der Waals surface area contributed by atoms with Gasteiger partial charge in [0.05, 0.1) is 11.1 Å². The summed E-state index contributed by atoms with van der Waals surface area (Å²) in [4.78, 5) is 11.1. The van der Waals surface area contributed by atoms with Gasteiger partial charge in [0.25, 0.3) is 11.6 Å². The van der Waals surface area contributed by atoms with Gasteiger partial charge in [-0.3, -0.25) is 10.1 Å². The van der Waals surface area contributed by atoms with E-state index in [-0.39, 0.29) is 16.7 Å². The lowest BCUT2D eigenvalue weighted by molar-refractivity contribution is -0.384. The van der Waals surface area contributed by atoms with Gasteiger partial charge >= 0.3 is 0 Å². The third-order valence-corrected chi connectivity index (χ3v) is 2.28. The monoisotopic (exact) mass is 267 g/mol. The van der Waals surface area contributed by atoms with Crippen molar-refractivity contribution in [3.63, 3.8) is 0 Å². The minimum Gasteiger partial charge on any atom is -0.365 e. The van der Waals surface area contributed by atoms with Gasteiger partial charge in [0, 0.05) is 11.6 Å². The quantitative estimate of drug-likeness (QED) is 0.495. The number of nitrogen functional groups attached to an aromatic ring is 1. The van der Waals surface area contributed by atoms with Gasteiger partial charge in [-0.25, -0.2) is 0 Å². The van der Waals surface area contributed by atoms with Gasteiger partial charge in [-0.2, -0.15) is 5.10 Å². The molecule has 0 fully saturated rings. The number of benzene rings is 1. The normalized spacial score (nSPS) is 10.9. The Morgan fingerprint density at radius 2 is 2.33 bits per heavy atom. The zero-order valence-electron chi connectivity index (χ0n) is 8.76. The number of nitro groups is 1. The smallest absolute Gasteiger partial charge is 0.288 e. The molecule has 0 saturated carbocycles. The zero-order valence-corrected chi connectivity index (χ0v) is 9.52. The van der Waals surface area contributed by atoms with E-state index in [1.165, 1.54) is 18.3 Å². The molecule has 2 rings (SSSR count). The summed E-state index contributed by atoms with van der Waals surface area (Å²) in [6.45, 7) is 0. The molecule has 10 heteroatoms. The van der Waals surface area contributed by atoms with E-state index in [2.05, 4.69) is 20.6 Å². The minimum atomic E-state index is -0.578. The molecule has 0 aliphatic rings. The Morgan fingerprint density at radius 3 is 2.94 bits per heavy atom. The average Bonchev–Trinajstić information content (AvgIpc) is 2.73. The molecule has 92 valence electrons. The van der Waals surface area contributed by atoms with E-state index in [4.69, 9.17) is 17.3 Å². The highest BCUT2D eigenvalue weighted by Gasteiger charge is 2.11. The highest BCUT2D eigenvalue weighted by molar-refractivity contribution is 6.32. The van der Waals surface area contributed by atoms with E-state index in [9.17, 15) is 10.1 Å². The van der Waals surface area contributed by atoms with Crippen molar-refractivity contribution in [3.8, 4) is 0 Å². The van der Waals surface area contributed by atoms with Crippen LogP contribution in [0.2, 0.25) is 5.02 Å². The molecule has 2 N–H and O–H groups in total. The van der Waals surface area contributed by atoms with Crippen molar-refractivity contribution >= 4 is 29.5 Å². The molecule has 0 aliphatic carbocycles. The second-order valence-electron chi connectivity index (χ2n) is 3.14. The van der Waals surface area contributed by atoms with Gasteiger partial charge in [0.15, 0.2) is 0 Å².